The molecule has 1 amide bonds. The molecule has 0 aliphatic rings. The Kier molecular flexibility index (Phi) is 5.97. The Morgan fingerprint density at radius 3 is 2.57 bits per heavy atom. The first-order chi connectivity index (χ1) is 11.1. The lowest BCUT2D eigenvalue weighted by atomic mass is 10.1. The van der Waals surface area contributed by atoms with Crippen LogP contribution >= 0.6 is 0 Å². The Morgan fingerprint density at radius 1 is 1.22 bits per heavy atom. The molecule has 0 aliphatic heterocycles. The molecule has 0 radical (unpaired) electrons. The van der Waals surface area contributed by atoms with Crippen molar-refractivity contribution < 1.29 is 13.9 Å². The number of hydrogen-bond donors (Lipinski definition) is 1. The molecular formula is C18H21NO4. The highest BCUT2D eigenvalue weighted by Gasteiger charge is 2.12. The molecule has 122 valence electrons. The molecule has 2 aromatic rings. The van der Waals surface area contributed by atoms with Crippen molar-refractivity contribution in [3.63, 3.8) is 0 Å². The zero-order valence-electron chi connectivity index (χ0n) is 13.4. The summed E-state index contributed by atoms with van der Waals surface area (Å²) in [5.41, 5.74) is 1.52. The second-order valence-corrected chi connectivity index (χ2v) is 5.16. The number of rotatable bonds is 7. The highest BCUT2D eigenvalue weighted by atomic mass is 16.5. The van der Waals surface area contributed by atoms with Crippen LogP contribution in [-0.2, 0) is 6.42 Å². The Hall–Kier alpha value is -2.56. The molecular weight excluding hydrogens is 294 g/mol. The number of anilines is 1. The summed E-state index contributed by atoms with van der Waals surface area (Å²) in [5.74, 6) is -0.413. The first kappa shape index (κ1) is 16.8. The standard InChI is InChI=1S/C18H21NO4/c1-3-5-6-13-7-9-14(10-8-13)19-18(21)16-11-15(20)17(12-23-16)22-4-2/h7-12H,3-6H2,1-2H3,(H,19,21). The number of unbranched alkanes of at least 4 members (excludes halogenated alkanes) is 1. The van der Waals surface area contributed by atoms with Crippen LogP contribution in [0, 0.1) is 0 Å². The van der Waals surface area contributed by atoms with E-state index in [4.69, 9.17) is 9.15 Å². The molecule has 1 heterocycles. The van der Waals surface area contributed by atoms with E-state index in [0.29, 0.717) is 12.3 Å². The third-order valence-electron chi connectivity index (χ3n) is 3.35. The van der Waals surface area contributed by atoms with E-state index in [0.717, 1.165) is 31.6 Å². The van der Waals surface area contributed by atoms with Gasteiger partial charge in [0.15, 0.2) is 5.76 Å². The summed E-state index contributed by atoms with van der Waals surface area (Å²) >= 11 is 0. The fraction of sp³-hybridized carbons (Fsp3) is 0.333. The number of hydrogen-bond acceptors (Lipinski definition) is 4. The van der Waals surface area contributed by atoms with Crippen LogP contribution in [0.5, 0.6) is 5.75 Å². The number of nitrogens with one attached hydrogen (secondary N) is 1. The lowest BCUT2D eigenvalue weighted by Gasteiger charge is -2.06. The number of ether oxygens (including phenoxy) is 1. The average Bonchev–Trinajstić information content (AvgIpc) is 2.56. The van der Waals surface area contributed by atoms with E-state index in [9.17, 15) is 9.59 Å². The van der Waals surface area contributed by atoms with Gasteiger partial charge in [-0.15, -0.1) is 0 Å². The van der Waals surface area contributed by atoms with E-state index >= 15 is 0 Å². The lowest BCUT2D eigenvalue weighted by Crippen LogP contribution is -2.15. The molecule has 5 heteroatoms. The molecule has 0 unspecified atom stereocenters. The summed E-state index contributed by atoms with van der Waals surface area (Å²) in [6.07, 6.45) is 4.48. The van der Waals surface area contributed by atoms with Crippen LogP contribution in [0.3, 0.4) is 0 Å². The second kappa shape index (κ2) is 8.17. The summed E-state index contributed by atoms with van der Waals surface area (Å²) in [5, 5.41) is 2.71. The van der Waals surface area contributed by atoms with Gasteiger partial charge in [-0.3, -0.25) is 9.59 Å². The Morgan fingerprint density at radius 2 is 1.96 bits per heavy atom. The van der Waals surface area contributed by atoms with E-state index in [1.807, 2.05) is 24.3 Å². The monoisotopic (exact) mass is 315 g/mol. The smallest absolute Gasteiger partial charge is 0.291 e. The largest absolute Gasteiger partial charge is 0.487 e. The number of benzene rings is 1. The molecule has 2 rings (SSSR count). The van der Waals surface area contributed by atoms with Crippen molar-refractivity contribution in [2.75, 3.05) is 11.9 Å². The first-order valence-corrected chi connectivity index (χ1v) is 7.80. The van der Waals surface area contributed by atoms with Gasteiger partial charge in [-0.1, -0.05) is 25.5 Å². The quantitative estimate of drug-likeness (QED) is 0.847. The van der Waals surface area contributed by atoms with Crippen LogP contribution in [0.4, 0.5) is 5.69 Å². The number of carbonyl (C=O) groups is 1. The number of carbonyl (C=O) groups excluding carboxylic acids is 1. The predicted octanol–water partition coefficient (Wildman–Crippen LogP) is 3.63. The molecule has 0 aliphatic carbocycles. The van der Waals surface area contributed by atoms with E-state index in [1.165, 1.54) is 5.56 Å². The van der Waals surface area contributed by atoms with Crippen LogP contribution in [0.15, 0.2) is 45.8 Å². The second-order valence-electron chi connectivity index (χ2n) is 5.16. The Labute approximate surface area is 135 Å². The minimum Gasteiger partial charge on any atom is -0.487 e. The summed E-state index contributed by atoms with van der Waals surface area (Å²) in [6, 6.07) is 8.79. The molecule has 0 atom stereocenters. The van der Waals surface area contributed by atoms with Gasteiger partial charge < -0.3 is 14.5 Å². The van der Waals surface area contributed by atoms with Crippen molar-refractivity contribution in [2.24, 2.45) is 0 Å². The molecule has 0 saturated carbocycles. The van der Waals surface area contributed by atoms with Crippen LogP contribution in [0.2, 0.25) is 0 Å². The molecule has 0 bridgehead atoms. The van der Waals surface area contributed by atoms with Crippen molar-refractivity contribution in [1.82, 2.24) is 0 Å². The van der Waals surface area contributed by atoms with Gasteiger partial charge in [0.25, 0.3) is 5.91 Å². The molecule has 1 N–H and O–H groups in total. The lowest BCUT2D eigenvalue weighted by molar-refractivity contribution is 0.0993. The third kappa shape index (κ3) is 4.71. The summed E-state index contributed by atoms with van der Waals surface area (Å²) in [4.78, 5) is 23.9. The maximum atomic E-state index is 12.1. The van der Waals surface area contributed by atoms with Gasteiger partial charge >= 0.3 is 0 Å². The van der Waals surface area contributed by atoms with Crippen molar-refractivity contribution in [1.29, 1.82) is 0 Å². The Bertz CT molecular complexity index is 704. The molecule has 0 saturated heterocycles. The van der Waals surface area contributed by atoms with Gasteiger partial charge in [-0.2, -0.15) is 0 Å². The molecule has 1 aromatic heterocycles. The minimum absolute atomic E-state index is 0.0477. The maximum Gasteiger partial charge on any atom is 0.291 e. The van der Waals surface area contributed by atoms with Crippen molar-refractivity contribution in [3.8, 4) is 5.75 Å². The number of aryl methyl sites for hydroxylation is 1. The highest BCUT2D eigenvalue weighted by molar-refractivity contribution is 6.02. The molecule has 23 heavy (non-hydrogen) atoms. The van der Waals surface area contributed by atoms with Gasteiger partial charge in [0, 0.05) is 11.8 Å². The molecule has 0 fully saturated rings. The molecule has 1 aromatic carbocycles. The Balaban J connectivity index is 2.04. The SMILES string of the molecule is CCCCc1ccc(NC(=O)c2cc(=O)c(OCC)co2)cc1. The summed E-state index contributed by atoms with van der Waals surface area (Å²) in [6.45, 7) is 4.28. The minimum atomic E-state index is -0.466. The normalized spacial score (nSPS) is 10.3. The van der Waals surface area contributed by atoms with Gasteiger partial charge in [0.05, 0.1) is 6.61 Å². The number of amides is 1. The zero-order chi connectivity index (χ0) is 16.7. The van der Waals surface area contributed by atoms with Gasteiger partial charge in [0.1, 0.15) is 6.26 Å². The van der Waals surface area contributed by atoms with Crippen LogP contribution in [-0.4, -0.2) is 12.5 Å². The average molecular weight is 315 g/mol. The van der Waals surface area contributed by atoms with E-state index in [-0.39, 0.29) is 16.9 Å². The highest BCUT2D eigenvalue weighted by Crippen LogP contribution is 2.13. The van der Waals surface area contributed by atoms with E-state index in [2.05, 4.69) is 12.2 Å². The van der Waals surface area contributed by atoms with Crippen LogP contribution < -0.4 is 15.5 Å². The zero-order valence-corrected chi connectivity index (χ0v) is 13.4. The van der Waals surface area contributed by atoms with Gasteiger partial charge in [-0.05, 0) is 37.5 Å². The van der Waals surface area contributed by atoms with Crippen LogP contribution in [0.1, 0.15) is 42.8 Å². The van der Waals surface area contributed by atoms with Gasteiger partial charge in [0.2, 0.25) is 11.2 Å². The van der Waals surface area contributed by atoms with Crippen molar-refractivity contribution >= 4 is 11.6 Å². The maximum absolute atomic E-state index is 12.1. The fourth-order valence-electron chi connectivity index (χ4n) is 2.11. The van der Waals surface area contributed by atoms with Crippen molar-refractivity contribution in [3.05, 3.63) is 58.1 Å². The van der Waals surface area contributed by atoms with E-state index < -0.39 is 5.91 Å². The summed E-state index contributed by atoms with van der Waals surface area (Å²) in [7, 11) is 0. The fourth-order valence-corrected chi connectivity index (χ4v) is 2.11. The predicted molar refractivity (Wildman–Crippen MR) is 89.2 cm³/mol. The van der Waals surface area contributed by atoms with Crippen molar-refractivity contribution in [2.45, 2.75) is 33.1 Å². The first-order valence-electron chi connectivity index (χ1n) is 7.80. The van der Waals surface area contributed by atoms with Crippen LogP contribution in [0.25, 0.3) is 0 Å². The third-order valence-corrected chi connectivity index (χ3v) is 3.35. The van der Waals surface area contributed by atoms with E-state index in [1.54, 1.807) is 6.92 Å². The molecule has 5 nitrogen and oxygen atoms in total. The van der Waals surface area contributed by atoms with Gasteiger partial charge in [-0.25, -0.2) is 0 Å². The molecule has 0 spiro atoms. The topological polar surface area (TPSA) is 68.5 Å². The summed E-state index contributed by atoms with van der Waals surface area (Å²) < 4.78 is 10.3.